The highest BCUT2D eigenvalue weighted by atomic mass is 35.5. The van der Waals surface area contributed by atoms with Crippen LogP contribution in [0.1, 0.15) is 23.4 Å². The van der Waals surface area contributed by atoms with E-state index >= 15 is 0 Å². The molecular weight excluding hydrogens is 393 g/mol. The number of halogens is 2. The number of nitrogens with zero attached hydrogens (tertiary/aromatic N) is 1. The molecule has 1 heterocycles. The summed E-state index contributed by atoms with van der Waals surface area (Å²) in [5.41, 5.74) is 0.312. The normalized spacial score (nSPS) is 10.3. The summed E-state index contributed by atoms with van der Waals surface area (Å²) in [6.07, 6.45) is 2.04. The topological polar surface area (TPSA) is 91.7 Å². The van der Waals surface area contributed by atoms with Crippen molar-refractivity contribution >= 4 is 46.6 Å². The molecule has 0 atom stereocenters. The molecule has 0 fully saturated rings. The number of anilines is 1. The van der Waals surface area contributed by atoms with Gasteiger partial charge in [-0.2, -0.15) is 0 Å². The Labute approximate surface area is 166 Å². The van der Waals surface area contributed by atoms with Gasteiger partial charge in [0.1, 0.15) is 0 Å². The highest BCUT2D eigenvalue weighted by molar-refractivity contribution is 6.39. The first-order valence-corrected chi connectivity index (χ1v) is 8.93. The molecule has 7 nitrogen and oxygen atoms in total. The van der Waals surface area contributed by atoms with Crippen LogP contribution in [0, 0.1) is 0 Å². The fraction of sp³-hybridized carbons (Fsp3) is 0.278. The molecule has 0 unspecified atom stereocenters. The van der Waals surface area contributed by atoms with Crippen molar-refractivity contribution in [2.45, 2.75) is 12.8 Å². The highest BCUT2D eigenvalue weighted by Gasteiger charge is 2.15. The molecule has 2 rings (SSSR count). The Balaban J connectivity index is 1.71. The Hall–Kier alpha value is -2.51. The van der Waals surface area contributed by atoms with Gasteiger partial charge in [-0.25, -0.2) is 0 Å². The van der Waals surface area contributed by atoms with E-state index in [0.29, 0.717) is 28.7 Å². The summed E-state index contributed by atoms with van der Waals surface area (Å²) in [4.78, 5) is 37.2. The summed E-state index contributed by atoms with van der Waals surface area (Å²) in [5.74, 6) is -0.750. The number of nitrogens with one attached hydrogen (secondary N) is 2. The number of rotatable bonds is 8. The van der Waals surface area contributed by atoms with Gasteiger partial charge in [-0.3, -0.25) is 14.4 Å². The Bertz CT molecular complexity index is 789. The summed E-state index contributed by atoms with van der Waals surface area (Å²) in [6.45, 7) is 0.180. The molecule has 27 heavy (non-hydrogen) atoms. The van der Waals surface area contributed by atoms with Crippen LogP contribution in [0.3, 0.4) is 0 Å². The van der Waals surface area contributed by atoms with E-state index < -0.39 is 5.91 Å². The van der Waals surface area contributed by atoms with Crippen molar-refractivity contribution in [1.82, 2.24) is 10.2 Å². The monoisotopic (exact) mass is 411 g/mol. The van der Waals surface area contributed by atoms with E-state index in [-0.39, 0.29) is 30.5 Å². The molecule has 0 saturated heterocycles. The molecule has 1 aromatic carbocycles. The summed E-state index contributed by atoms with van der Waals surface area (Å²) in [7, 11) is 1.53. The highest BCUT2D eigenvalue weighted by Crippen LogP contribution is 2.29. The Morgan fingerprint density at radius 2 is 1.81 bits per heavy atom. The van der Waals surface area contributed by atoms with Crippen LogP contribution < -0.4 is 10.6 Å². The van der Waals surface area contributed by atoms with Gasteiger partial charge in [0.25, 0.3) is 5.91 Å². The van der Waals surface area contributed by atoms with Crippen molar-refractivity contribution in [3.63, 3.8) is 0 Å². The molecule has 2 aromatic rings. The molecule has 0 aliphatic carbocycles. The first kappa shape index (κ1) is 20.8. The van der Waals surface area contributed by atoms with E-state index in [2.05, 4.69) is 10.6 Å². The molecule has 144 valence electrons. The van der Waals surface area contributed by atoms with Crippen LogP contribution in [0.4, 0.5) is 5.69 Å². The maximum atomic E-state index is 12.1. The van der Waals surface area contributed by atoms with E-state index in [1.807, 2.05) is 0 Å². The van der Waals surface area contributed by atoms with Crippen LogP contribution in [0.5, 0.6) is 0 Å². The molecule has 0 aliphatic heterocycles. The van der Waals surface area contributed by atoms with Gasteiger partial charge in [0, 0.05) is 20.0 Å². The van der Waals surface area contributed by atoms with Crippen molar-refractivity contribution in [3.05, 3.63) is 52.4 Å². The largest absolute Gasteiger partial charge is 0.459 e. The van der Waals surface area contributed by atoms with Crippen LogP contribution in [-0.4, -0.2) is 42.8 Å². The van der Waals surface area contributed by atoms with Gasteiger partial charge in [-0.1, -0.05) is 29.3 Å². The zero-order valence-electron chi connectivity index (χ0n) is 14.6. The zero-order chi connectivity index (χ0) is 19.8. The van der Waals surface area contributed by atoms with Crippen molar-refractivity contribution in [2.75, 3.05) is 25.5 Å². The number of likely N-dealkylation sites (N-methyl/N-ethyl adjacent to an activating group) is 1. The average molecular weight is 412 g/mol. The standard InChI is InChI=1S/C18H19Cl2N3O4/c1-23(11-15(24)22-17-12(19)5-2-6-13(17)20)16(25)8-3-9-21-18(26)14-7-4-10-27-14/h2,4-7,10H,3,8-9,11H2,1H3,(H,21,26)(H,22,24). The predicted octanol–water partition coefficient (Wildman–Crippen LogP) is 3.19. The van der Waals surface area contributed by atoms with Gasteiger partial charge in [-0.05, 0) is 30.7 Å². The van der Waals surface area contributed by atoms with E-state index in [1.54, 1.807) is 30.3 Å². The van der Waals surface area contributed by atoms with E-state index in [9.17, 15) is 14.4 Å². The van der Waals surface area contributed by atoms with E-state index in [4.69, 9.17) is 27.6 Å². The number of amides is 3. The second kappa shape index (κ2) is 9.99. The van der Waals surface area contributed by atoms with Gasteiger partial charge in [0.05, 0.1) is 28.5 Å². The van der Waals surface area contributed by atoms with Crippen LogP contribution in [0.25, 0.3) is 0 Å². The number of carbonyl (C=O) groups is 3. The van der Waals surface area contributed by atoms with E-state index in [0.717, 1.165) is 0 Å². The third-order valence-corrected chi connectivity index (χ3v) is 4.26. The third kappa shape index (κ3) is 6.30. The van der Waals surface area contributed by atoms with Crippen molar-refractivity contribution in [3.8, 4) is 0 Å². The fourth-order valence-corrected chi connectivity index (χ4v) is 2.72. The zero-order valence-corrected chi connectivity index (χ0v) is 16.1. The Morgan fingerprint density at radius 3 is 2.44 bits per heavy atom. The minimum Gasteiger partial charge on any atom is -0.459 e. The Morgan fingerprint density at radius 1 is 1.11 bits per heavy atom. The number of hydrogen-bond acceptors (Lipinski definition) is 4. The molecule has 3 amide bonds. The summed E-state index contributed by atoms with van der Waals surface area (Å²) in [5, 5.41) is 5.88. The summed E-state index contributed by atoms with van der Waals surface area (Å²) >= 11 is 12.0. The maximum absolute atomic E-state index is 12.1. The maximum Gasteiger partial charge on any atom is 0.286 e. The lowest BCUT2D eigenvalue weighted by Crippen LogP contribution is -2.35. The minimum absolute atomic E-state index is 0.140. The van der Waals surface area contributed by atoms with Gasteiger partial charge in [-0.15, -0.1) is 0 Å². The molecule has 2 N–H and O–H groups in total. The molecule has 9 heteroatoms. The number of carbonyl (C=O) groups excluding carboxylic acids is 3. The van der Waals surface area contributed by atoms with E-state index in [1.165, 1.54) is 18.2 Å². The van der Waals surface area contributed by atoms with Crippen LogP contribution in [0.2, 0.25) is 10.0 Å². The molecule has 0 aliphatic rings. The quantitative estimate of drug-likeness (QED) is 0.652. The number of hydrogen-bond donors (Lipinski definition) is 2. The fourth-order valence-electron chi connectivity index (χ4n) is 2.23. The van der Waals surface area contributed by atoms with Gasteiger partial charge in [0.2, 0.25) is 11.8 Å². The molecular formula is C18H19Cl2N3O4. The Kier molecular flexibility index (Phi) is 7.69. The smallest absolute Gasteiger partial charge is 0.286 e. The van der Waals surface area contributed by atoms with Crippen LogP contribution in [-0.2, 0) is 9.59 Å². The molecule has 0 bridgehead atoms. The molecule has 0 saturated carbocycles. The number of furan rings is 1. The lowest BCUT2D eigenvalue weighted by molar-refractivity contribution is -0.133. The average Bonchev–Trinajstić information content (AvgIpc) is 3.16. The molecule has 1 aromatic heterocycles. The summed E-state index contributed by atoms with van der Waals surface area (Å²) in [6, 6.07) is 8.05. The van der Waals surface area contributed by atoms with Crippen molar-refractivity contribution in [2.24, 2.45) is 0 Å². The lowest BCUT2D eigenvalue weighted by atomic mass is 10.2. The SMILES string of the molecule is CN(CC(=O)Nc1c(Cl)cccc1Cl)C(=O)CCCNC(=O)c1ccco1. The van der Waals surface area contributed by atoms with Crippen LogP contribution in [0.15, 0.2) is 41.0 Å². The number of benzene rings is 1. The molecule has 0 radical (unpaired) electrons. The second-order valence-electron chi connectivity index (χ2n) is 5.73. The van der Waals surface area contributed by atoms with Gasteiger partial charge >= 0.3 is 0 Å². The minimum atomic E-state index is -0.410. The van der Waals surface area contributed by atoms with Crippen molar-refractivity contribution in [1.29, 1.82) is 0 Å². The first-order valence-electron chi connectivity index (χ1n) is 8.18. The predicted molar refractivity (Wildman–Crippen MR) is 103 cm³/mol. The first-order chi connectivity index (χ1) is 12.9. The van der Waals surface area contributed by atoms with Gasteiger partial charge < -0.3 is 20.0 Å². The second-order valence-corrected chi connectivity index (χ2v) is 6.55. The third-order valence-electron chi connectivity index (χ3n) is 3.63. The summed E-state index contributed by atoms with van der Waals surface area (Å²) < 4.78 is 4.97. The molecule has 0 spiro atoms. The lowest BCUT2D eigenvalue weighted by Gasteiger charge is -2.17. The number of para-hydroxylation sites is 1. The van der Waals surface area contributed by atoms with Gasteiger partial charge in [0.15, 0.2) is 5.76 Å². The van der Waals surface area contributed by atoms with Crippen LogP contribution >= 0.6 is 23.2 Å². The van der Waals surface area contributed by atoms with Crippen molar-refractivity contribution < 1.29 is 18.8 Å².